The summed E-state index contributed by atoms with van der Waals surface area (Å²) in [6.07, 6.45) is 4.57. The molecular formula is C17H25N5OS. The summed E-state index contributed by atoms with van der Waals surface area (Å²) >= 11 is 1.35. The van der Waals surface area contributed by atoms with Gasteiger partial charge in [0.1, 0.15) is 0 Å². The van der Waals surface area contributed by atoms with Gasteiger partial charge in [0.05, 0.1) is 11.4 Å². The molecule has 0 radical (unpaired) electrons. The minimum Gasteiger partial charge on any atom is -0.353 e. The molecule has 7 heteroatoms. The fourth-order valence-electron chi connectivity index (χ4n) is 2.34. The highest BCUT2D eigenvalue weighted by Crippen LogP contribution is 2.18. The van der Waals surface area contributed by atoms with E-state index >= 15 is 0 Å². The number of unbranched alkanes of at least 4 members (excludes halogenated alkanes) is 2. The van der Waals surface area contributed by atoms with Gasteiger partial charge in [-0.15, -0.1) is 5.10 Å². The number of hydrogen-bond acceptors (Lipinski definition) is 5. The lowest BCUT2D eigenvalue weighted by Gasteiger charge is -2.13. The van der Waals surface area contributed by atoms with Gasteiger partial charge in [-0.2, -0.15) is 4.68 Å². The molecule has 2 aromatic rings. The predicted octanol–water partition coefficient (Wildman–Crippen LogP) is 3.15. The number of rotatable bonds is 9. The lowest BCUT2D eigenvalue weighted by molar-refractivity contribution is -0.119. The highest BCUT2D eigenvalue weighted by Gasteiger charge is 2.13. The zero-order chi connectivity index (χ0) is 17.4. The number of tetrazole rings is 1. The Morgan fingerprint density at radius 3 is 2.75 bits per heavy atom. The third kappa shape index (κ3) is 5.63. The molecule has 0 aliphatic rings. The van der Waals surface area contributed by atoms with Gasteiger partial charge in [-0.3, -0.25) is 4.79 Å². The van der Waals surface area contributed by atoms with Crippen LogP contribution in [0.5, 0.6) is 0 Å². The number of aryl methyl sites for hydroxylation is 1. The van der Waals surface area contributed by atoms with Crippen LogP contribution in [0.15, 0.2) is 29.4 Å². The molecule has 1 heterocycles. The first kappa shape index (κ1) is 18.4. The van der Waals surface area contributed by atoms with Crippen molar-refractivity contribution in [3.63, 3.8) is 0 Å². The molecule has 0 fully saturated rings. The number of carbonyl (C=O) groups is 1. The van der Waals surface area contributed by atoms with Gasteiger partial charge in [0.15, 0.2) is 0 Å². The quantitative estimate of drug-likeness (QED) is 0.557. The number of aromatic nitrogens is 4. The van der Waals surface area contributed by atoms with Gasteiger partial charge in [0.25, 0.3) is 0 Å². The van der Waals surface area contributed by atoms with E-state index in [1.807, 2.05) is 31.2 Å². The van der Waals surface area contributed by atoms with Crippen molar-refractivity contribution in [3.05, 3.63) is 29.8 Å². The molecule has 130 valence electrons. The standard InChI is InChI=1S/C17H25N5OS/c1-4-5-6-7-14(3)18-16(23)12-24-17-19-20-21-22(17)15-10-8-13(2)9-11-15/h8-11,14H,4-7,12H2,1-3H3,(H,18,23)/t14-/m0/s1. The van der Waals surface area contributed by atoms with Gasteiger partial charge in [-0.25, -0.2) is 0 Å². The summed E-state index contributed by atoms with van der Waals surface area (Å²) in [5, 5.41) is 15.4. The number of nitrogens with zero attached hydrogens (tertiary/aromatic N) is 4. The highest BCUT2D eigenvalue weighted by atomic mass is 32.2. The molecule has 0 bridgehead atoms. The first-order chi connectivity index (χ1) is 11.6. The van der Waals surface area contributed by atoms with E-state index in [0.717, 1.165) is 18.5 Å². The molecule has 0 aliphatic carbocycles. The number of carbonyl (C=O) groups excluding carboxylic acids is 1. The van der Waals surface area contributed by atoms with Crippen LogP contribution in [-0.2, 0) is 4.79 Å². The number of benzene rings is 1. The molecule has 1 atom stereocenters. The fourth-order valence-corrected chi connectivity index (χ4v) is 3.04. The van der Waals surface area contributed by atoms with Gasteiger partial charge < -0.3 is 5.32 Å². The normalized spacial score (nSPS) is 12.1. The Bertz CT molecular complexity index is 641. The van der Waals surface area contributed by atoms with E-state index in [1.165, 1.54) is 30.2 Å². The Labute approximate surface area is 147 Å². The lowest BCUT2D eigenvalue weighted by Crippen LogP contribution is -2.33. The Morgan fingerprint density at radius 1 is 1.29 bits per heavy atom. The van der Waals surface area contributed by atoms with Crippen LogP contribution in [0.25, 0.3) is 5.69 Å². The minimum absolute atomic E-state index is 0.0162. The van der Waals surface area contributed by atoms with E-state index in [0.29, 0.717) is 10.9 Å². The van der Waals surface area contributed by atoms with Crippen molar-refractivity contribution in [2.24, 2.45) is 0 Å². The zero-order valence-electron chi connectivity index (χ0n) is 14.5. The molecule has 24 heavy (non-hydrogen) atoms. The number of amides is 1. The van der Waals surface area contributed by atoms with Gasteiger partial charge >= 0.3 is 0 Å². The van der Waals surface area contributed by atoms with Gasteiger partial charge in [0.2, 0.25) is 11.1 Å². The first-order valence-corrected chi connectivity index (χ1v) is 9.36. The molecule has 1 N–H and O–H groups in total. The maximum absolute atomic E-state index is 12.1. The molecule has 6 nitrogen and oxygen atoms in total. The largest absolute Gasteiger partial charge is 0.353 e. The fraction of sp³-hybridized carbons (Fsp3) is 0.529. The molecule has 1 amide bonds. The third-order valence-corrected chi connectivity index (χ3v) is 4.62. The summed E-state index contributed by atoms with van der Waals surface area (Å²) in [5.41, 5.74) is 2.07. The van der Waals surface area contributed by atoms with Crippen LogP contribution < -0.4 is 5.32 Å². The Hall–Kier alpha value is -1.89. The number of hydrogen-bond donors (Lipinski definition) is 1. The second-order valence-corrected chi connectivity index (χ2v) is 6.90. The Kier molecular flexibility index (Phi) is 7.24. The SMILES string of the molecule is CCCCC[C@H](C)NC(=O)CSc1nnnn1-c1ccc(C)cc1. The topological polar surface area (TPSA) is 72.7 Å². The van der Waals surface area contributed by atoms with Crippen molar-refractivity contribution < 1.29 is 4.79 Å². The molecule has 0 unspecified atom stereocenters. The minimum atomic E-state index is 0.0162. The first-order valence-electron chi connectivity index (χ1n) is 8.37. The molecule has 1 aromatic carbocycles. The van der Waals surface area contributed by atoms with Crippen molar-refractivity contribution >= 4 is 17.7 Å². The Balaban J connectivity index is 1.85. The average Bonchev–Trinajstić information content (AvgIpc) is 3.02. The van der Waals surface area contributed by atoms with Crippen LogP contribution in [0, 0.1) is 6.92 Å². The van der Waals surface area contributed by atoms with Crippen LogP contribution >= 0.6 is 11.8 Å². The number of nitrogens with one attached hydrogen (secondary N) is 1. The Morgan fingerprint density at radius 2 is 2.04 bits per heavy atom. The lowest BCUT2D eigenvalue weighted by atomic mass is 10.1. The number of thioether (sulfide) groups is 1. The smallest absolute Gasteiger partial charge is 0.230 e. The molecule has 1 aromatic heterocycles. The summed E-state index contributed by atoms with van der Waals surface area (Å²) in [4.78, 5) is 12.1. The van der Waals surface area contributed by atoms with Crippen LogP contribution in [-0.4, -0.2) is 37.9 Å². The second-order valence-electron chi connectivity index (χ2n) is 5.96. The molecule has 0 spiro atoms. The van der Waals surface area contributed by atoms with Gasteiger partial charge in [-0.05, 0) is 42.8 Å². The summed E-state index contributed by atoms with van der Waals surface area (Å²) in [6, 6.07) is 8.15. The predicted molar refractivity (Wildman–Crippen MR) is 96.4 cm³/mol. The van der Waals surface area contributed by atoms with Crippen molar-refractivity contribution in [2.45, 2.75) is 57.7 Å². The summed E-state index contributed by atoms with van der Waals surface area (Å²) < 4.78 is 1.65. The van der Waals surface area contributed by atoms with E-state index < -0.39 is 0 Å². The maximum Gasteiger partial charge on any atom is 0.230 e. The summed E-state index contributed by atoms with van der Waals surface area (Å²) in [5.74, 6) is 0.326. The van der Waals surface area contributed by atoms with Crippen LogP contribution in [0.1, 0.15) is 45.1 Å². The van der Waals surface area contributed by atoms with Crippen molar-refractivity contribution in [3.8, 4) is 5.69 Å². The van der Waals surface area contributed by atoms with Crippen LogP contribution in [0.4, 0.5) is 0 Å². The maximum atomic E-state index is 12.1. The van der Waals surface area contributed by atoms with Crippen LogP contribution in [0.3, 0.4) is 0 Å². The average molecular weight is 347 g/mol. The van der Waals surface area contributed by atoms with Crippen molar-refractivity contribution in [1.82, 2.24) is 25.5 Å². The van der Waals surface area contributed by atoms with Crippen molar-refractivity contribution in [1.29, 1.82) is 0 Å². The molecular weight excluding hydrogens is 322 g/mol. The van der Waals surface area contributed by atoms with Gasteiger partial charge in [0, 0.05) is 6.04 Å². The van der Waals surface area contributed by atoms with E-state index in [9.17, 15) is 4.79 Å². The highest BCUT2D eigenvalue weighted by molar-refractivity contribution is 7.99. The van der Waals surface area contributed by atoms with Gasteiger partial charge in [-0.1, -0.05) is 55.6 Å². The molecule has 0 saturated heterocycles. The molecule has 0 aliphatic heterocycles. The van der Waals surface area contributed by atoms with Crippen LogP contribution in [0.2, 0.25) is 0 Å². The summed E-state index contributed by atoms with van der Waals surface area (Å²) in [7, 11) is 0. The third-order valence-electron chi connectivity index (χ3n) is 3.70. The van der Waals surface area contributed by atoms with E-state index in [-0.39, 0.29) is 11.9 Å². The van der Waals surface area contributed by atoms with E-state index in [1.54, 1.807) is 4.68 Å². The zero-order valence-corrected chi connectivity index (χ0v) is 15.3. The van der Waals surface area contributed by atoms with E-state index in [2.05, 4.69) is 34.7 Å². The summed E-state index contributed by atoms with van der Waals surface area (Å²) in [6.45, 7) is 6.26. The monoisotopic (exact) mass is 347 g/mol. The molecule has 2 rings (SSSR count). The molecule has 0 saturated carbocycles. The van der Waals surface area contributed by atoms with E-state index in [4.69, 9.17) is 0 Å². The second kappa shape index (κ2) is 9.42. The van der Waals surface area contributed by atoms with Crippen molar-refractivity contribution in [2.75, 3.05) is 5.75 Å².